The van der Waals surface area contributed by atoms with Crippen LogP contribution in [0.3, 0.4) is 0 Å². The maximum Gasteiger partial charge on any atom is 0.442 e. The van der Waals surface area contributed by atoms with Crippen LogP contribution in [0.5, 0.6) is 0 Å². The van der Waals surface area contributed by atoms with E-state index in [0.717, 1.165) is 4.88 Å². The number of amides is 1. The zero-order chi connectivity index (χ0) is 17.1. The third-order valence-electron chi connectivity index (χ3n) is 3.59. The monoisotopic (exact) mass is 343 g/mol. The van der Waals surface area contributed by atoms with Crippen LogP contribution in [0.25, 0.3) is 10.7 Å². The third-order valence-corrected chi connectivity index (χ3v) is 4.46. The summed E-state index contributed by atoms with van der Waals surface area (Å²) in [5, 5.41) is 8.41. The molecule has 1 amide bonds. The summed E-state index contributed by atoms with van der Waals surface area (Å²) in [6.07, 6.45) is 0. The molecule has 1 N–H and O–H groups in total. The van der Waals surface area contributed by atoms with Crippen LogP contribution in [0, 0.1) is 0 Å². The van der Waals surface area contributed by atoms with Gasteiger partial charge in [0.05, 0.1) is 4.88 Å². The lowest BCUT2D eigenvalue weighted by Crippen LogP contribution is -2.25. The first-order valence-electron chi connectivity index (χ1n) is 7.55. The van der Waals surface area contributed by atoms with Crippen molar-refractivity contribution in [3.63, 3.8) is 0 Å². The average molecular weight is 343 g/mol. The number of benzene rings is 1. The van der Waals surface area contributed by atoms with Gasteiger partial charge < -0.3 is 5.32 Å². The highest BCUT2D eigenvalue weighted by atomic mass is 32.1. The normalized spacial score (nSPS) is 11.0. The predicted molar refractivity (Wildman–Crippen MR) is 93.2 cm³/mol. The van der Waals surface area contributed by atoms with Gasteiger partial charge in [0.1, 0.15) is 6.54 Å². The van der Waals surface area contributed by atoms with Gasteiger partial charge in [0.2, 0.25) is 5.91 Å². The highest BCUT2D eigenvalue weighted by Gasteiger charge is 2.16. The van der Waals surface area contributed by atoms with Gasteiger partial charge in [-0.25, -0.2) is 9.36 Å². The fourth-order valence-electron chi connectivity index (χ4n) is 2.29. The van der Waals surface area contributed by atoms with E-state index in [-0.39, 0.29) is 12.5 Å². The number of rotatable bonds is 5. The largest absolute Gasteiger partial charge is 0.442 e. The smallest absolute Gasteiger partial charge is 0.325 e. The second-order valence-corrected chi connectivity index (χ2v) is 6.61. The molecule has 3 aromatic rings. The fraction of sp³-hybridized carbons (Fsp3) is 0.235. The molecule has 0 aliphatic heterocycles. The van der Waals surface area contributed by atoms with Gasteiger partial charge in [-0.1, -0.05) is 37.2 Å². The summed E-state index contributed by atoms with van der Waals surface area (Å²) >= 11 is 1.42. The average Bonchev–Trinajstić information content (AvgIpc) is 3.19. The molecule has 24 heavy (non-hydrogen) atoms. The van der Waals surface area contributed by atoms with Crippen molar-refractivity contribution < 1.29 is 9.32 Å². The molecule has 0 spiro atoms. The number of anilines is 1. The lowest BCUT2D eigenvalue weighted by Gasteiger charge is -2.09. The van der Waals surface area contributed by atoms with Gasteiger partial charge in [0.25, 0.3) is 0 Å². The van der Waals surface area contributed by atoms with Crippen molar-refractivity contribution in [3.8, 4) is 10.7 Å². The lowest BCUT2D eigenvalue weighted by molar-refractivity contribution is -0.116. The van der Waals surface area contributed by atoms with E-state index >= 15 is 0 Å². The van der Waals surface area contributed by atoms with E-state index in [1.807, 2.05) is 41.8 Å². The Morgan fingerprint density at radius 3 is 2.67 bits per heavy atom. The molecule has 0 bridgehead atoms. The summed E-state index contributed by atoms with van der Waals surface area (Å²) in [5.41, 5.74) is 1.88. The topological polar surface area (TPSA) is 77.1 Å². The molecule has 1 aromatic carbocycles. The summed E-state index contributed by atoms with van der Waals surface area (Å²) in [4.78, 5) is 24.8. The van der Waals surface area contributed by atoms with Gasteiger partial charge in [0.15, 0.2) is 5.82 Å². The van der Waals surface area contributed by atoms with E-state index in [4.69, 9.17) is 4.52 Å². The number of nitrogens with one attached hydrogen (secondary N) is 1. The molecule has 3 rings (SSSR count). The Hall–Kier alpha value is -2.67. The fourth-order valence-corrected chi connectivity index (χ4v) is 3.00. The van der Waals surface area contributed by atoms with E-state index in [0.29, 0.717) is 17.4 Å². The predicted octanol–water partition coefficient (Wildman–Crippen LogP) is 3.33. The second kappa shape index (κ2) is 6.84. The first-order valence-corrected chi connectivity index (χ1v) is 8.43. The molecule has 7 heteroatoms. The zero-order valence-corrected chi connectivity index (χ0v) is 14.2. The molecule has 124 valence electrons. The molecule has 0 saturated carbocycles. The number of nitrogens with zero attached hydrogens (tertiary/aromatic N) is 2. The van der Waals surface area contributed by atoms with E-state index in [9.17, 15) is 9.59 Å². The Bertz CT molecular complexity index is 877. The Morgan fingerprint density at radius 2 is 2.04 bits per heavy atom. The van der Waals surface area contributed by atoms with Crippen LogP contribution >= 0.6 is 11.3 Å². The van der Waals surface area contributed by atoms with E-state index in [1.165, 1.54) is 21.5 Å². The molecule has 6 nitrogen and oxygen atoms in total. The standard InChI is InChI=1S/C17H17N3O3S/c1-11(2)12-5-7-13(8-6-12)18-15(21)10-20-16(19-23-17(20)22)14-4-3-9-24-14/h3-9,11H,10H2,1-2H3,(H,18,21). The highest BCUT2D eigenvalue weighted by molar-refractivity contribution is 7.13. The summed E-state index contributed by atoms with van der Waals surface area (Å²) in [7, 11) is 0. The van der Waals surface area contributed by atoms with Crippen LogP contribution < -0.4 is 11.1 Å². The van der Waals surface area contributed by atoms with Crippen LogP contribution in [0.2, 0.25) is 0 Å². The molecule has 2 heterocycles. The second-order valence-electron chi connectivity index (χ2n) is 5.66. The molecule has 0 aliphatic carbocycles. The molecular formula is C17H17N3O3S. The maximum absolute atomic E-state index is 12.2. The zero-order valence-electron chi connectivity index (χ0n) is 13.4. The number of carbonyl (C=O) groups excluding carboxylic acids is 1. The van der Waals surface area contributed by atoms with Crippen LogP contribution in [0.1, 0.15) is 25.3 Å². The minimum absolute atomic E-state index is 0.151. The third kappa shape index (κ3) is 3.46. The number of thiophene rings is 1. The van der Waals surface area contributed by atoms with Crippen LogP contribution in [-0.2, 0) is 11.3 Å². The molecule has 0 fully saturated rings. The highest BCUT2D eigenvalue weighted by Crippen LogP contribution is 2.22. The van der Waals surface area contributed by atoms with Gasteiger partial charge in [-0.2, -0.15) is 0 Å². The van der Waals surface area contributed by atoms with Crippen molar-refractivity contribution in [2.24, 2.45) is 0 Å². The molecule has 0 radical (unpaired) electrons. The Labute approximate surface area is 142 Å². The van der Waals surface area contributed by atoms with Gasteiger partial charge in [-0.3, -0.25) is 9.32 Å². The minimum atomic E-state index is -0.649. The summed E-state index contributed by atoms with van der Waals surface area (Å²) in [6, 6.07) is 11.3. The molecule has 0 aliphatic rings. The van der Waals surface area contributed by atoms with Crippen molar-refractivity contribution in [2.75, 3.05) is 5.32 Å². The van der Waals surface area contributed by atoms with Crippen LogP contribution in [0.15, 0.2) is 51.1 Å². The first-order chi connectivity index (χ1) is 11.5. The number of hydrogen-bond acceptors (Lipinski definition) is 5. The van der Waals surface area contributed by atoms with Gasteiger partial charge in [-0.15, -0.1) is 11.3 Å². The van der Waals surface area contributed by atoms with Gasteiger partial charge >= 0.3 is 5.76 Å². The Morgan fingerprint density at radius 1 is 1.29 bits per heavy atom. The molecule has 2 aromatic heterocycles. The first kappa shape index (κ1) is 16.2. The number of carbonyl (C=O) groups is 1. The molecule has 0 atom stereocenters. The van der Waals surface area contributed by atoms with Crippen LogP contribution in [0.4, 0.5) is 5.69 Å². The summed E-state index contributed by atoms with van der Waals surface area (Å²) in [6.45, 7) is 4.07. The molecule has 0 saturated heterocycles. The molecule has 0 unspecified atom stereocenters. The van der Waals surface area contributed by atoms with Crippen molar-refractivity contribution in [1.29, 1.82) is 0 Å². The van der Waals surface area contributed by atoms with E-state index < -0.39 is 5.76 Å². The summed E-state index contributed by atoms with van der Waals surface area (Å²) in [5.74, 6) is -0.168. The number of aromatic nitrogens is 2. The number of hydrogen-bond donors (Lipinski definition) is 1. The van der Waals surface area contributed by atoms with Crippen LogP contribution in [-0.4, -0.2) is 15.6 Å². The summed E-state index contributed by atoms with van der Waals surface area (Å²) < 4.78 is 5.92. The lowest BCUT2D eigenvalue weighted by atomic mass is 10.0. The van der Waals surface area contributed by atoms with Crippen molar-refractivity contribution in [3.05, 3.63) is 57.9 Å². The Balaban J connectivity index is 1.74. The molecular weight excluding hydrogens is 326 g/mol. The minimum Gasteiger partial charge on any atom is -0.325 e. The Kier molecular flexibility index (Phi) is 4.61. The van der Waals surface area contributed by atoms with E-state index in [1.54, 1.807) is 0 Å². The van der Waals surface area contributed by atoms with Crippen molar-refractivity contribution >= 4 is 22.9 Å². The van der Waals surface area contributed by atoms with Crippen molar-refractivity contribution in [2.45, 2.75) is 26.3 Å². The SMILES string of the molecule is CC(C)c1ccc(NC(=O)Cn2c(-c3cccs3)noc2=O)cc1. The van der Waals surface area contributed by atoms with Gasteiger partial charge in [-0.05, 0) is 35.1 Å². The van der Waals surface area contributed by atoms with E-state index in [2.05, 4.69) is 24.3 Å². The quantitative estimate of drug-likeness (QED) is 0.771. The van der Waals surface area contributed by atoms with Crippen molar-refractivity contribution in [1.82, 2.24) is 9.72 Å². The van der Waals surface area contributed by atoms with Gasteiger partial charge in [0, 0.05) is 5.69 Å². The maximum atomic E-state index is 12.2.